The van der Waals surface area contributed by atoms with Crippen LogP contribution in [0.4, 0.5) is 0 Å². The van der Waals surface area contributed by atoms with Crippen LogP contribution < -0.4 is 0 Å². The van der Waals surface area contributed by atoms with Crippen LogP contribution in [0.15, 0.2) is 0 Å². The van der Waals surface area contributed by atoms with Crippen molar-refractivity contribution < 1.29 is 0 Å². The van der Waals surface area contributed by atoms with E-state index >= 15 is 0 Å². The topological polar surface area (TPSA) is 0 Å². The molecule has 0 aliphatic heterocycles. The molecule has 0 amide bonds. The van der Waals surface area contributed by atoms with Gasteiger partial charge in [0.15, 0.2) is 0 Å². The zero-order valence-electron chi connectivity index (χ0n) is 10.7. The second kappa shape index (κ2) is 6.67. The smallest absolute Gasteiger partial charge is 0.0383 e. The van der Waals surface area contributed by atoms with Gasteiger partial charge in [0.05, 0.1) is 0 Å². The average molecular weight is 224 g/mol. The summed E-state index contributed by atoms with van der Waals surface area (Å²) in [5.74, 6) is 4.42. The minimum Gasteiger partial charge on any atom is -0.0776 e. The SMILES string of the molecule is C.CCCC1CC(C2CCC2)CCC1CC. The van der Waals surface area contributed by atoms with E-state index in [9.17, 15) is 0 Å². The molecule has 3 unspecified atom stereocenters. The van der Waals surface area contributed by atoms with Crippen LogP contribution in [0.1, 0.15) is 79.1 Å². The Morgan fingerprint density at radius 3 is 2.12 bits per heavy atom. The molecule has 96 valence electrons. The zero-order valence-corrected chi connectivity index (χ0v) is 10.7. The molecule has 2 aliphatic rings. The summed E-state index contributed by atoms with van der Waals surface area (Å²) in [6.45, 7) is 4.76. The highest BCUT2D eigenvalue weighted by molar-refractivity contribution is 4.85. The lowest BCUT2D eigenvalue weighted by Crippen LogP contribution is -2.31. The Morgan fingerprint density at radius 2 is 1.62 bits per heavy atom. The van der Waals surface area contributed by atoms with Gasteiger partial charge >= 0.3 is 0 Å². The average Bonchev–Trinajstić information content (AvgIpc) is 2.16. The molecule has 0 heteroatoms. The molecule has 2 rings (SSSR count). The molecule has 0 aromatic heterocycles. The molecular weight excluding hydrogens is 192 g/mol. The van der Waals surface area contributed by atoms with Crippen molar-refractivity contribution in [1.82, 2.24) is 0 Å². The van der Waals surface area contributed by atoms with Crippen molar-refractivity contribution in [3.8, 4) is 0 Å². The fraction of sp³-hybridized carbons (Fsp3) is 1.00. The largest absolute Gasteiger partial charge is 0.0776 e. The van der Waals surface area contributed by atoms with E-state index in [1.807, 2.05) is 0 Å². The summed E-state index contributed by atoms with van der Waals surface area (Å²) in [6, 6.07) is 0. The maximum absolute atomic E-state index is 2.40. The minimum absolute atomic E-state index is 0. The van der Waals surface area contributed by atoms with E-state index in [-0.39, 0.29) is 7.43 Å². The standard InChI is InChI=1S/C15H28.CH4/c1-3-6-14-11-15(13-7-5-8-13)10-9-12(14)4-2;/h12-15H,3-11H2,1-2H3;1H4. The van der Waals surface area contributed by atoms with Gasteiger partial charge in [-0.3, -0.25) is 0 Å². The van der Waals surface area contributed by atoms with Crippen molar-refractivity contribution >= 4 is 0 Å². The van der Waals surface area contributed by atoms with Crippen LogP contribution in [-0.4, -0.2) is 0 Å². The molecule has 0 radical (unpaired) electrons. The van der Waals surface area contributed by atoms with E-state index in [4.69, 9.17) is 0 Å². The van der Waals surface area contributed by atoms with Crippen LogP contribution in [0.2, 0.25) is 0 Å². The molecule has 0 bridgehead atoms. The fourth-order valence-electron chi connectivity index (χ4n) is 3.96. The highest BCUT2D eigenvalue weighted by atomic mass is 14.4. The number of hydrogen-bond donors (Lipinski definition) is 0. The Bertz CT molecular complexity index is 180. The summed E-state index contributed by atoms with van der Waals surface area (Å²) in [5.41, 5.74) is 0. The van der Waals surface area contributed by atoms with E-state index in [0.29, 0.717) is 0 Å². The lowest BCUT2D eigenvalue weighted by atomic mass is 9.63. The third-order valence-electron chi connectivity index (χ3n) is 5.18. The van der Waals surface area contributed by atoms with Crippen LogP contribution in [0.5, 0.6) is 0 Å². The molecule has 0 spiro atoms. The van der Waals surface area contributed by atoms with Gasteiger partial charge in [0.2, 0.25) is 0 Å². The van der Waals surface area contributed by atoms with Crippen molar-refractivity contribution in [3.63, 3.8) is 0 Å². The van der Waals surface area contributed by atoms with Crippen LogP contribution >= 0.6 is 0 Å². The molecule has 0 nitrogen and oxygen atoms in total. The third-order valence-corrected chi connectivity index (χ3v) is 5.18. The highest BCUT2D eigenvalue weighted by Crippen LogP contribution is 2.46. The Balaban J connectivity index is 0.00000128. The van der Waals surface area contributed by atoms with Gasteiger partial charge in [0.1, 0.15) is 0 Å². The van der Waals surface area contributed by atoms with Crippen LogP contribution in [0.25, 0.3) is 0 Å². The van der Waals surface area contributed by atoms with Crippen molar-refractivity contribution in [3.05, 3.63) is 0 Å². The molecule has 3 atom stereocenters. The van der Waals surface area contributed by atoms with Gasteiger partial charge < -0.3 is 0 Å². The van der Waals surface area contributed by atoms with Gasteiger partial charge in [0.25, 0.3) is 0 Å². The summed E-state index contributed by atoms with van der Waals surface area (Å²) in [7, 11) is 0. The summed E-state index contributed by atoms with van der Waals surface area (Å²) in [4.78, 5) is 0. The lowest BCUT2D eigenvalue weighted by molar-refractivity contribution is 0.0882. The van der Waals surface area contributed by atoms with E-state index in [0.717, 1.165) is 23.7 Å². The molecular formula is C16H32. The first-order valence-corrected chi connectivity index (χ1v) is 7.35. The predicted molar refractivity (Wildman–Crippen MR) is 73.6 cm³/mol. The van der Waals surface area contributed by atoms with Gasteiger partial charge in [0, 0.05) is 0 Å². The van der Waals surface area contributed by atoms with E-state index in [2.05, 4.69) is 13.8 Å². The van der Waals surface area contributed by atoms with Crippen molar-refractivity contribution in [2.75, 3.05) is 0 Å². The number of rotatable bonds is 4. The molecule has 16 heavy (non-hydrogen) atoms. The van der Waals surface area contributed by atoms with Gasteiger partial charge in [-0.05, 0) is 42.9 Å². The summed E-state index contributed by atoms with van der Waals surface area (Å²) in [6.07, 6.45) is 13.7. The van der Waals surface area contributed by atoms with Crippen LogP contribution in [0.3, 0.4) is 0 Å². The molecule has 0 aromatic rings. The fourth-order valence-corrected chi connectivity index (χ4v) is 3.96. The van der Waals surface area contributed by atoms with Crippen molar-refractivity contribution in [1.29, 1.82) is 0 Å². The second-order valence-electron chi connectivity index (χ2n) is 5.98. The normalized spacial score (nSPS) is 35.2. The Hall–Kier alpha value is 0. The van der Waals surface area contributed by atoms with Crippen molar-refractivity contribution in [2.45, 2.75) is 79.1 Å². The lowest BCUT2D eigenvalue weighted by Gasteiger charge is -2.42. The first kappa shape index (κ1) is 14.1. The Morgan fingerprint density at radius 1 is 0.875 bits per heavy atom. The monoisotopic (exact) mass is 224 g/mol. The quantitative estimate of drug-likeness (QED) is 0.577. The second-order valence-corrected chi connectivity index (χ2v) is 5.98. The molecule has 2 saturated carbocycles. The van der Waals surface area contributed by atoms with Gasteiger partial charge in [-0.25, -0.2) is 0 Å². The minimum atomic E-state index is 0. The van der Waals surface area contributed by atoms with Crippen LogP contribution in [-0.2, 0) is 0 Å². The van der Waals surface area contributed by atoms with Gasteiger partial charge in [-0.2, -0.15) is 0 Å². The van der Waals surface area contributed by atoms with Gasteiger partial charge in [-0.1, -0.05) is 59.8 Å². The molecule has 0 heterocycles. The molecule has 0 aromatic carbocycles. The van der Waals surface area contributed by atoms with E-state index in [1.54, 1.807) is 32.1 Å². The maximum atomic E-state index is 2.40. The van der Waals surface area contributed by atoms with Crippen molar-refractivity contribution in [2.24, 2.45) is 23.7 Å². The molecule has 2 fully saturated rings. The molecule has 0 N–H and O–H groups in total. The number of hydrogen-bond acceptors (Lipinski definition) is 0. The first-order chi connectivity index (χ1) is 7.35. The summed E-state index contributed by atoms with van der Waals surface area (Å²) in [5, 5.41) is 0. The Kier molecular flexibility index (Phi) is 5.86. The summed E-state index contributed by atoms with van der Waals surface area (Å²) < 4.78 is 0. The maximum Gasteiger partial charge on any atom is -0.0383 e. The van der Waals surface area contributed by atoms with E-state index in [1.165, 1.54) is 25.7 Å². The zero-order chi connectivity index (χ0) is 10.7. The molecule has 2 aliphatic carbocycles. The highest BCUT2D eigenvalue weighted by Gasteiger charge is 2.34. The Labute approximate surface area is 103 Å². The third kappa shape index (κ3) is 3.02. The molecule has 0 saturated heterocycles. The van der Waals surface area contributed by atoms with Gasteiger partial charge in [-0.15, -0.1) is 0 Å². The first-order valence-electron chi connectivity index (χ1n) is 7.35. The summed E-state index contributed by atoms with van der Waals surface area (Å²) >= 11 is 0. The van der Waals surface area contributed by atoms with Crippen LogP contribution in [0, 0.1) is 23.7 Å². The predicted octanol–water partition coefficient (Wildman–Crippen LogP) is 5.67. The van der Waals surface area contributed by atoms with E-state index < -0.39 is 0 Å².